The summed E-state index contributed by atoms with van der Waals surface area (Å²) in [6, 6.07) is 1.98. The molecule has 0 bridgehead atoms. The van der Waals surface area contributed by atoms with Crippen LogP contribution in [0.3, 0.4) is 0 Å². The average Bonchev–Trinajstić information content (AvgIpc) is 3.29. The number of ether oxygens (including phenoxy) is 2. The molecule has 1 saturated heterocycles. The summed E-state index contributed by atoms with van der Waals surface area (Å²) in [4.78, 5) is 30.5. The van der Waals surface area contributed by atoms with Crippen LogP contribution in [0.1, 0.15) is 43.1 Å². The quantitative estimate of drug-likeness (QED) is 0.217. The number of carbonyl (C=O) groups is 1. The molecule has 0 aliphatic carbocycles. The van der Waals surface area contributed by atoms with Crippen LogP contribution in [-0.4, -0.2) is 117 Å². The molecule has 1 aliphatic heterocycles. The number of piperazine rings is 1. The van der Waals surface area contributed by atoms with Gasteiger partial charge in [-0.05, 0) is 31.4 Å². The first-order valence-corrected chi connectivity index (χ1v) is 14.4. The molecule has 3 aromatic heterocycles. The number of pyridine rings is 1. The number of aliphatic hydroxyl groups is 2. The minimum atomic E-state index is -0.674. The Kier molecular flexibility index (Phi) is 11.2. The lowest BCUT2D eigenvalue weighted by Crippen LogP contribution is -2.46. The van der Waals surface area contributed by atoms with Crippen molar-refractivity contribution in [3.05, 3.63) is 29.2 Å². The lowest BCUT2D eigenvalue weighted by Gasteiger charge is -2.34. The van der Waals surface area contributed by atoms with Gasteiger partial charge in [0, 0.05) is 58.1 Å². The topological polar surface area (TPSA) is 163 Å². The van der Waals surface area contributed by atoms with E-state index in [-0.39, 0.29) is 25.2 Å². The van der Waals surface area contributed by atoms with Crippen molar-refractivity contribution in [2.75, 3.05) is 70.8 Å². The summed E-state index contributed by atoms with van der Waals surface area (Å²) in [5, 5.41) is 29.6. The van der Waals surface area contributed by atoms with E-state index in [0.29, 0.717) is 53.5 Å². The number of methoxy groups -OCH3 is 2. The number of fused-ring (bicyclic) bond motifs is 1. The van der Waals surface area contributed by atoms with Crippen molar-refractivity contribution in [2.24, 2.45) is 0 Å². The molecule has 1 atom stereocenters. The van der Waals surface area contributed by atoms with E-state index < -0.39 is 6.09 Å². The van der Waals surface area contributed by atoms with Gasteiger partial charge in [0.1, 0.15) is 22.5 Å². The summed E-state index contributed by atoms with van der Waals surface area (Å²) in [7, 11) is 2.91. The highest BCUT2D eigenvalue weighted by Crippen LogP contribution is 2.29. The lowest BCUT2D eigenvalue weighted by atomic mass is 10.1. The molecule has 14 nitrogen and oxygen atoms in total. The first-order valence-electron chi connectivity index (χ1n) is 14.4. The fourth-order valence-corrected chi connectivity index (χ4v) is 5.24. The van der Waals surface area contributed by atoms with Crippen molar-refractivity contribution in [1.29, 1.82) is 0 Å². The second-order valence-corrected chi connectivity index (χ2v) is 10.4. The predicted molar refractivity (Wildman–Crippen MR) is 159 cm³/mol. The van der Waals surface area contributed by atoms with E-state index in [1.165, 1.54) is 7.11 Å². The molecular formula is C28H43N9O5. The summed E-state index contributed by atoms with van der Waals surface area (Å²) in [6.07, 6.45) is 3.49. The van der Waals surface area contributed by atoms with Crippen LogP contribution in [0.5, 0.6) is 5.75 Å². The molecule has 4 heterocycles. The van der Waals surface area contributed by atoms with Crippen LogP contribution in [0.25, 0.3) is 11.0 Å². The molecule has 1 aliphatic rings. The van der Waals surface area contributed by atoms with Crippen molar-refractivity contribution in [3.8, 4) is 5.75 Å². The largest absolute Gasteiger partial charge is 0.495 e. The summed E-state index contributed by atoms with van der Waals surface area (Å²) in [6.45, 7) is 9.67. The second-order valence-electron chi connectivity index (χ2n) is 10.4. The molecule has 42 heavy (non-hydrogen) atoms. The molecule has 1 fully saturated rings. The Morgan fingerprint density at radius 3 is 2.50 bits per heavy atom. The molecule has 14 heteroatoms. The molecule has 0 radical (unpaired) electrons. The van der Waals surface area contributed by atoms with Gasteiger partial charge in [0.25, 0.3) is 0 Å². The Bertz CT molecular complexity index is 1320. The van der Waals surface area contributed by atoms with Crippen molar-refractivity contribution in [3.63, 3.8) is 0 Å². The maximum Gasteiger partial charge on any atom is 0.413 e. The van der Waals surface area contributed by atoms with E-state index in [1.54, 1.807) is 11.8 Å². The zero-order chi connectivity index (χ0) is 30.1. The van der Waals surface area contributed by atoms with E-state index in [2.05, 4.69) is 37.3 Å². The standard InChI is InChI=1S/C28H43N9O5/c1-5-6-21(7-13-38)30-26-25-24(31-27(32-26)33-28(40)42-4)19(2)34-37(25)18-22-23(41-3)15-20(16-29-22)17-36-10-8-35(9-11-36)12-14-39/h15-16,21,38-39H,5-14,17-18H2,1-4H3,(H2,30,31,32,33,40)/t21-/m0/s1. The van der Waals surface area contributed by atoms with Crippen LogP contribution in [0.4, 0.5) is 16.6 Å². The Balaban J connectivity index is 1.62. The molecule has 0 unspecified atom stereocenters. The number of hydrogen-bond acceptors (Lipinski definition) is 12. The molecule has 0 saturated carbocycles. The van der Waals surface area contributed by atoms with Crippen molar-refractivity contribution in [2.45, 2.75) is 52.2 Å². The van der Waals surface area contributed by atoms with Gasteiger partial charge in [0.15, 0.2) is 5.82 Å². The van der Waals surface area contributed by atoms with E-state index in [0.717, 1.165) is 51.1 Å². The number of β-amino-alcohol motifs (C(OH)–C–C–N with tert-alkyl or cyclic N) is 1. The molecule has 4 rings (SSSR count). The Morgan fingerprint density at radius 1 is 1.07 bits per heavy atom. The monoisotopic (exact) mass is 585 g/mol. The Morgan fingerprint density at radius 2 is 1.83 bits per heavy atom. The fraction of sp³-hybridized carbons (Fsp3) is 0.607. The number of anilines is 2. The molecule has 4 N–H and O–H groups in total. The highest BCUT2D eigenvalue weighted by Gasteiger charge is 2.22. The van der Waals surface area contributed by atoms with Gasteiger partial charge in [-0.3, -0.25) is 24.8 Å². The van der Waals surface area contributed by atoms with Crippen LogP contribution in [0.2, 0.25) is 0 Å². The fourth-order valence-electron chi connectivity index (χ4n) is 5.24. The summed E-state index contributed by atoms with van der Waals surface area (Å²) in [5.74, 6) is 1.25. The third-order valence-electron chi connectivity index (χ3n) is 7.40. The van der Waals surface area contributed by atoms with Crippen LogP contribution < -0.4 is 15.4 Å². The third-order valence-corrected chi connectivity index (χ3v) is 7.40. The predicted octanol–water partition coefficient (Wildman–Crippen LogP) is 1.84. The first-order chi connectivity index (χ1) is 20.4. The number of hydrogen-bond donors (Lipinski definition) is 4. The number of amides is 1. The number of aryl methyl sites for hydroxylation is 1. The number of nitrogens with zero attached hydrogens (tertiary/aromatic N) is 7. The Labute approximate surface area is 246 Å². The van der Waals surface area contributed by atoms with Crippen LogP contribution in [0, 0.1) is 6.92 Å². The van der Waals surface area contributed by atoms with Gasteiger partial charge >= 0.3 is 6.09 Å². The highest BCUT2D eigenvalue weighted by atomic mass is 16.5. The van der Waals surface area contributed by atoms with Gasteiger partial charge in [-0.15, -0.1) is 0 Å². The third kappa shape index (κ3) is 7.82. The second kappa shape index (κ2) is 15.0. The molecule has 1 amide bonds. The van der Waals surface area contributed by atoms with Crippen LogP contribution in [0.15, 0.2) is 12.3 Å². The van der Waals surface area contributed by atoms with Crippen molar-refractivity contribution in [1.82, 2.24) is 34.5 Å². The summed E-state index contributed by atoms with van der Waals surface area (Å²) < 4.78 is 12.3. The van der Waals surface area contributed by atoms with Gasteiger partial charge in [-0.2, -0.15) is 10.1 Å². The summed E-state index contributed by atoms with van der Waals surface area (Å²) in [5.41, 5.74) is 3.67. The normalized spacial score (nSPS) is 15.1. The van der Waals surface area contributed by atoms with Gasteiger partial charge in [0.2, 0.25) is 5.95 Å². The van der Waals surface area contributed by atoms with Gasteiger partial charge < -0.3 is 25.0 Å². The minimum absolute atomic E-state index is 0.0310. The zero-order valence-corrected chi connectivity index (χ0v) is 25.0. The van der Waals surface area contributed by atoms with Gasteiger partial charge in [-0.1, -0.05) is 13.3 Å². The van der Waals surface area contributed by atoms with E-state index in [9.17, 15) is 15.0 Å². The molecular weight excluding hydrogens is 542 g/mol. The van der Waals surface area contributed by atoms with E-state index in [4.69, 9.17) is 19.6 Å². The minimum Gasteiger partial charge on any atom is -0.495 e. The van der Waals surface area contributed by atoms with Gasteiger partial charge in [-0.25, -0.2) is 9.78 Å². The highest BCUT2D eigenvalue weighted by molar-refractivity contribution is 5.91. The maximum atomic E-state index is 11.9. The van der Waals surface area contributed by atoms with Crippen molar-refractivity contribution < 1.29 is 24.5 Å². The van der Waals surface area contributed by atoms with Crippen LogP contribution in [-0.2, 0) is 17.8 Å². The SMILES string of the molecule is CCC[C@@H](CCO)Nc1nc(NC(=O)OC)nc2c(C)nn(Cc3ncc(CN4CCN(CCO)CC4)cc3OC)c12. The van der Waals surface area contributed by atoms with E-state index in [1.807, 2.05) is 19.2 Å². The number of aliphatic hydroxyl groups excluding tert-OH is 2. The molecule has 0 spiro atoms. The first kappa shape index (κ1) is 31.3. The number of carbonyl (C=O) groups excluding carboxylic acids is 1. The number of aromatic nitrogens is 5. The lowest BCUT2D eigenvalue weighted by molar-refractivity contribution is 0.108. The number of rotatable bonds is 14. The smallest absolute Gasteiger partial charge is 0.413 e. The zero-order valence-electron chi connectivity index (χ0n) is 25.0. The maximum absolute atomic E-state index is 11.9. The average molecular weight is 586 g/mol. The van der Waals surface area contributed by atoms with Gasteiger partial charge in [0.05, 0.1) is 33.1 Å². The molecule has 3 aromatic rings. The van der Waals surface area contributed by atoms with Crippen molar-refractivity contribution >= 4 is 28.9 Å². The summed E-state index contributed by atoms with van der Waals surface area (Å²) >= 11 is 0. The molecule has 230 valence electrons. The molecule has 0 aromatic carbocycles. The van der Waals surface area contributed by atoms with E-state index >= 15 is 0 Å². The number of nitrogens with one attached hydrogen (secondary N) is 2. The Hall–Kier alpha value is -3.59. The van der Waals surface area contributed by atoms with Crippen LogP contribution >= 0.6 is 0 Å².